The molecular weight excluding hydrogens is 518 g/mol. The van der Waals surface area contributed by atoms with Crippen LogP contribution in [0.5, 0.6) is 0 Å². The van der Waals surface area contributed by atoms with Crippen molar-refractivity contribution < 1.29 is 39.6 Å². The zero-order valence-corrected chi connectivity index (χ0v) is 19.4. The maximum Gasteiger partial charge on any atom is 0.416 e. The van der Waals surface area contributed by atoms with Crippen LogP contribution in [0.4, 0.5) is 32.0 Å². The largest absolute Gasteiger partial charge is 0.416 e. The third kappa shape index (κ3) is 5.83. The molecule has 13 heteroatoms. The number of sulfone groups is 1. The van der Waals surface area contributed by atoms with Gasteiger partial charge >= 0.3 is 12.4 Å². The van der Waals surface area contributed by atoms with Gasteiger partial charge < -0.3 is 4.90 Å². The number of carbonyl (C=O) groups excluding carboxylic acids is 1. The number of aryl methyl sites for hydroxylation is 1. The van der Waals surface area contributed by atoms with Crippen LogP contribution >= 0.6 is 11.8 Å². The van der Waals surface area contributed by atoms with Crippen molar-refractivity contribution >= 4 is 38.4 Å². The summed E-state index contributed by atoms with van der Waals surface area (Å²) >= 11 is 0.877. The molecule has 2 aliphatic rings. The second-order valence-electron chi connectivity index (χ2n) is 8.21. The first-order chi connectivity index (χ1) is 16.2. The monoisotopic (exact) mass is 536 g/mol. The van der Waals surface area contributed by atoms with Crippen LogP contribution in [0.2, 0.25) is 0 Å². The molecule has 2 aromatic rings. The minimum atomic E-state index is -5.08. The van der Waals surface area contributed by atoms with Gasteiger partial charge in [-0.3, -0.25) is 4.79 Å². The van der Waals surface area contributed by atoms with E-state index in [-0.39, 0.29) is 23.4 Å². The molecule has 2 aliphatic heterocycles. The predicted octanol–water partition coefficient (Wildman–Crippen LogP) is 4.96. The van der Waals surface area contributed by atoms with Crippen LogP contribution in [0, 0.1) is 0 Å². The molecule has 0 spiro atoms. The number of alkyl halides is 6. The molecule has 0 saturated carbocycles. The van der Waals surface area contributed by atoms with Gasteiger partial charge in [-0.1, -0.05) is 42.1 Å². The van der Waals surface area contributed by atoms with E-state index in [4.69, 9.17) is 0 Å². The smallest absolute Gasteiger partial charge is 0.316 e. The molecule has 0 bridgehead atoms. The van der Waals surface area contributed by atoms with Gasteiger partial charge in [-0.25, -0.2) is 8.42 Å². The number of hydrogen-bond donors (Lipinski definition) is 0. The number of fused-ring (bicyclic) bond motifs is 1. The summed E-state index contributed by atoms with van der Waals surface area (Å²) in [6.45, 7) is 0. The van der Waals surface area contributed by atoms with Crippen LogP contribution < -0.4 is 4.90 Å². The summed E-state index contributed by atoms with van der Waals surface area (Å²) < 4.78 is 105. The van der Waals surface area contributed by atoms with E-state index in [1.807, 2.05) is 0 Å². The van der Waals surface area contributed by atoms with Crippen LogP contribution in [0.3, 0.4) is 0 Å². The highest BCUT2D eigenvalue weighted by Crippen LogP contribution is 2.44. The summed E-state index contributed by atoms with van der Waals surface area (Å²) in [5.74, 6) is -1.41. The number of amides is 1. The van der Waals surface area contributed by atoms with Crippen molar-refractivity contribution in [2.75, 3.05) is 16.4 Å². The van der Waals surface area contributed by atoms with Crippen molar-refractivity contribution in [1.29, 1.82) is 0 Å². The molecule has 4 rings (SSSR count). The number of amidine groups is 1. The highest BCUT2D eigenvalue weighted by molar-refractivity contribution is 8.16. The topological polar surface area (TPSA) is 66.8 Å². The Hall–Kier alpha value is -2.54. The van der Waals surface area contributed by atoms with Gasteiger partial charge in [0.2, 0.25) is 5.91 Å². The molecule has 0 N–H and O–H groups in total. The third-order valence-electron chi connectivity index (χ3n) is 5.61. The highest BCUT2D eigenvalue weighted by atomic mass is 32.2. The number of nitrogens with zero attached hydrogens (tertiary/aromatic N) is 2. The molecule has 1 amide bonds. The van der Waals surface area contributed by atoms with Gasteiger partial charge in [0.15, 0.2) is 15.0 Å². The van der Waals surface area contributed by atoms with E-state index in [0.29, 0.717) is 18.6 Å². The average Bonchev–Trinajstić information content (AvgIpc) is 3.22. The van der Waals surface area contributed by atoms with E-state index in [1.54, 1.807) is 30.3 Å². The van der Waals surface area contributed by atoms with Crippen LogP contribution in [-0.4, -0.2) is 42.3 Å². The molecule has 0 radical (unpaired) electrons. The molecule has 2 heterocycles. The number of carbonyl (C=O) groups is 1. The van der Waals surface area contributed by atoms with Crippen molar-refractivity contribution in [3.63, 3.8) is 0 Å². The Balaban J connectivity index is 1.72. The number of benzene rings is 2. The Morgan fingerprint density at radius 1 is 0.971 bits per heavy atom. The molecule has 2 saturated heterocycles. The fraction of sp³-hybridized carbons (Fsp3) is 0.364. The van der Waals surface area contributed by atoms with E-state index in [1.165, 1.54) is 0 Å². The lowest BCUT2D eigenvalue weighted by molar-refractivity contribution is -0.143. The number of halogens is 6. The second-order valence-corrected chi connectivity index (χ2v) is 11.6. The number of hydrogen-bond acceptors (Lipinski definition) is 4. The van der Waals surface area contributed by atoms with E-state index in [0.717, 1.165) is 22.2 Å². The Morgan fingerprint density at radius 3 is 2.14 bits per heavy atom. The fourth-order valence-corrected chi connectivity index (χ4v) is 7.93. The summed E-state index contributed by atoms with van der Waals surface area (Å²) in [6.07, 6.45) is -9.85. The average molecular weight is 537 g/mol. The van der Waals surface area contributed by atoms with E-state index in [2.05, 4.69) is 4.99 Å². The first-order valence-electron chi connectivity index (χ1n) is 10.3. The number of anilines is 1. The molecule has 2 fully saturated rings. The van der Waals surface area contributed by atoms with Crippen molar-refractivity contribution in [2.45, 2.75) is 36.5 Å². The molecule has 2 aromatic carbocycles. The fourth-order valence-electron chi connectivity index (χ4n) is 4.00. The standard InChI is InChI=1S/C22H18F6N2O3S2/c23-21(24,25)14-8-15(22(26,27)28)10-16(9-14)30-17-11-35(32,33)12-18(17)34-20(30)29-19(31)7-6-13-4-2-1-3-5-13/h1-5,8-10,17-18H,6-7,11-12H2/t17-,18+/m0/s1. The molecular formula is C22H18F6N2O3S2. The molecule has 0 unspecified atom stereocenters. The zero-order chi connectivity index (χ0) is 25.6. The van der Waals surface area contributed by atoms with Crippen molar-refractivity contribution in [1.82, 2.24) is 0 Å². The van der Waals surface area contributed by atoms with Gasteiger partial charge in [0.1, 0.15) is 0 Å². The normalized spacial score (nSPS) is 23.0. The van der Waals surface area contributed by atoms with E-state index >= 15 is 0 Å². The quantitative estimate of drug-likeness (QED) is 0.517. The Bertz CT molecular complexity index is 1230. The lowest BCUT2D eigenvalue weighted by Crippen LogP contribution is -2.38. The molecule has 0 aromatic heterocycles. The lowest BCUT2D eigenvalue weighted by Gasteiger charge is -2.26. The summed E-state index contributed by atoms with van der Waals surface area (Å²) in [5, 5.41) is -0.787. The number of aliphatic imine (C=N–C) groups is 1. The third-order valence-corrected chi connectivity index (χ3v) is 8.82. The Kier molecular flexibility index (Phi) is 6.68. The van der Waals surface area contributed by atoms with Crippen molar-refractivity contribution in [3.8, 4) is 0 Å². The number of thioether (sulfide) groups is 1. The highest BCUT2D eigenvalue weighted by Gasteiger charge is 2.50. The number of rotatable bonds is 4. The van der Waals surface area contributed by atoms with E-state index < -0.39 is 62.0 Å². The van der Waals surface area contributed by atoms with Gasteiger partial charge in [-0.05, 0) is 30.2 Å². The minimum absolute atomic E-state index is 0.00256. The first kappa shape index (κ1) is 25.5. The molecule has 0 aliphatic carbocycles. The van der Waals surface area contributed by atoms with Crippen molar-refractivity contribution in [2.24, 2.45) is 4.99 Å². The maximum atomic E-state index is 13.4. The van der Waals surface area contributed by atoms with Crippen molar-refractivity contribution in [3.05, 3.63) is 65.2 Å². The summed E-state index contributed by atoms with van der Waals surface area (Å²) in [6, 6.07) is 9.06. The van der Waals surface area contributed by atoms with Crippen LogP contribution in [0.25, 0.3) is 0 Å². The second kappa shape index (κ2) is 9.16. The van der Waals surface area contributed by atoms with Gasteiger partial charge in [-0.2, -0.15) is 31.3 Å². The first-order valence-corrected chi connectivity index (χ1v) is 13.0. The summed E-state index contributed by atoms with van der Waals surface area (Å²) in [7, 11) is -3.57. The van der Waals surface area contributed by atoms with Gasteiger partial charge in [0.05, 0.1) is 28.7 Å². The van der Waals surface area contributed by atoms with E-state index in [9.17, 15) is 39.6 Å². The minimum Gasteiger partial charge on any atom is -0.316 e. The SMILES string of the molecule is O=C(CCc1ccccc1)N=C1S[C@@H]2CS(=O)(=O)C[C@@H]2N1c1cc(C(F)(F)F)cc(C(F)(F)F)c1. The van der Waals surface area contributed by atoms with Gasteiger partial charge in [0, 0.05) is 17.4 Å². The molecule has 35 heavy (non-hydrogen) atoms. The summed E-state index contributed by atoms with van der Waals surface area (Å²) in [5.41, 5.74) is -2.73. The zero-order valence-electron chi connectivity index (χ0n) is 17.8. The van der Waals surface area contributed by atoms with Gasteiger partial charge in [0.25, 0.3) is 0 Å². The predicted molar refractivity (Wildman–Crippen MR) is 120 cm³/mol. The molecule has 5 nitrogen and oxygen atoms in total. The van der Waals surface area contributed by atoms with Crippen LogP contribution in [0.1, 0.15) is 23.1 Å². The molecule has 188 valence electrons. The maximum absolute atomic E-state index is 13.4. The van der Waals surface area contributed by atoms with Crippen LogP contribution in [0.15, 0.2) is 53.5 Å². The Morgan fingerprint density at radius 2 is 1.57 bits per heavy atom. The van der Waals surface area contributed by atoms with Crippen LogP contribution in [-0.2, 0) is 33.4 Å². The lowest BCUT2D eigenvalue weighted by atomic mass is 10.1. The Labute approximate surface area is 201 Å². The van der Waals surface area contributed by atoms with Gasteiger partial charge in [-0.15, -0.1) is 0 Å². The molecule has 2 atom stereocenters. The summed E-state index contributed by atoms with van der Waals surface area (Å²) in [4.78, 5) is 17.5.